The number of halogens is 3. The van der Waals surface area contributed by atoms with Gasteiger partial charge in [-0.25, -0.2) is 0 Å². The van der Waals surface area contributed by atoms with Crippen molar-refractivity contribution in [1.29, 1.82) is 0 Å². The number of nitrogens with one attached hydrogen (secondary N) is 1. The summed E-state index contributed by atoms with van der Waals surface area (Å²) >= 11 is 1.10. The molecule has 0 aliphatic carbocycles. The van der Waals surface area contributed by atoms with Gasteiger partial charge in [-0.3, -0.25) is 9.59 Å². The maximum Gasteiger partial charge on any atom is 0.416 e. The standard InChI is InChI=1S/C23H16F3N3O3S/c24-23(25,26)16-8-4-7-15(11-16)19-10-9-17(32-19)13-27-29-22-28-21(31)20(33-22)12-18(30)14-5-2-1-3-6-14/h1-11,13,20H,12H2,(H,28,29,31)/b27-13+. The second-order valence-electron chi connectivity index (χ2n) is 7.02. The first-order valence-electron chi connectivity index (χ1n) is 9.74. The van der Waals surface area contributed by atoms with Crippen molar-refractivity contribution in [3.05, 3.63) is 83.6 Å². The Kier molecular flexibility index (Phi) is 6.45. The summed E-state index contributed by atoms with van der Waals surface area (Å²) in [6.07, 6.45) is -3.14. The molecule has 2 aromatic carbocycles. The molecule has 1 aliphatic rings. The van der Waals surface area contributed by atoms with Crippen LogP contribution in [0.5, 0.6) is 0 Å². The Morgan fingerprint density at radius 1 is 1.09 bits per heavy atom. The van der Waals surface area contributed by atoms with Crippen molar-refractivity contribution in [1.82, 2.24) is 5.32 Å². The van der Waals surface area contributed by atoms with Gasteiger partial charge in [0.05, 0.1) is 17.0 Å². The molecule has 4 rings (SSSR count). The van der Waals surface area contributed by atoms with Crippen molar-refractivity contribution in [2.24, 2.45) is 10.2 Å². The van der Waals surface area contributed by atoms with Crippen LogP contribution in [0.15, 0.2) is 81.4 Å². The van der Waals surface area contributed by atoms with E-state index in [1.54, 1.807) is 36.4 Å². The van der Waals surface area contributed by atoms with Gasteiger partial charge in [0.1, 0.15) is 11.5 Å². The molecule has 1 unspecified atom stereocenters. The zero-order chi connectivity index (χ0) is 23.4. The van der Waals surface area contributed by atoms with Crippen molar-refractivity contribution in [3.63, 3.8) is 0 Å². The third-order valence-electron chi connectivity index (χ3n) is 4.68. The van der Waals surface area contributed by atoms with E-state index in [2.05, 4.69) is 15.5 Å². The van der Waals surface area contributed by atoms with E-state index in [0.717, 1.165) is 23.9 Å². The first-order valence-corrected chi connectivity index (χ1v) is 10.6. The summed E-state index contributed by atoms with van der Waals surface area (Å²) in [6.45, 7) is 0. The second-order valence-corrected chi connectivity index (χ2v) is 8.21. The van der Waals surface area contributed by atoms with Crippen LogP contribution in [0.25, 0.3) is 11.3 Å². The second kappa shape index (κ2) is 9.45. The average Bonchev–Trinajstić information content (AvgIpc) is 3.41. The molecule has 1 fully saturated rings. The van der Waals surface area contributed by atoms with Crippen LogP contribution in [0.4, 0.5) is 13.2 Å². The Balaban J connectivity index is 1.39. The van der Waals surface area contributed by atoms with Crippen molar-refractivity contribution < 1.29 is 27.2 Å². The zero-order valence-electron chi connectivity index (χ0n) is 16.9. The van der Waals surface area contributed by atoms with Crippen LogP contribution in [0.1, 0.15) is 28.1 Å². The van der Waals surface area contributed by atoms with Gasteiger partial charge in [-0.2, -0.15) is 18.3 Å². The molecule has 33 heavy (non-hydrogen) atoms. The maximum atomic E-state index is 12.9. The molecule has 1 amide bonds. The molecule has 6 nitrogen and oxygen atoms in total. The van der Waals surface area contributed by atoms with Gasteiger partial charge < -0.3 is 9.73 Å². The summed E-state index contributed by atoms with van der Waals surface area (Å²) in [5.41, 5.74) is 0.0383. The lowest BCUT2D eigenvalue weighted by molar-refractivity contribution is -0.137. The summed E-state index contributed by atoms with van der Waals surface area (Å²) in [5.74, 6) is 0.0453. The number of alkyl halides is 3. The Morgan fingerprint density at radius 3 is 2.64 bits per heavy atom. The van der Waals surface area contributed by atoms with Crippen molar-refractivity contribution in [2.45, 2.75) is 17.8 Å². The number of furan rings is 1. The number of hydrogen-bond acceptors (Lipinski definition) is 6. The number of Topliss-reactive ketones (excluding diaryl/α,β-unsaturated/α-hetero) is 1. The molecule has 0 bridgehead atoms. The van der Waals surface area contributed by atoms with Crippen LogP contribution in [0.2, 0.25) is 0 Å². The minimum atomic E-state index is -4.45. The minimum Gasteiger partial charge on any atom is -0.455 e. The zero-order valence-corrected chi connectivity index (χ0v) is 17.7. The first-order chi connectivity index (χ1) is 15.8. The largest absolute Gasteiger partial charge is 0.455 e. The van der Waals surface area contributed by atoms with Gasteiger partial charge in [-0.05, 0) is 24.3 Å². The number of hydrogen-bond donors (Lipinski definition) is 1. The van der Waals surface area contributed by atoms with Gasteiger partial charge in [-0.15, -0.1) is 5.10 Å². The Labute approximate surface area is 190 Å². The van der Waals surface area contributed by atoms with Crippen molar-refractivity contribution in [2.75, 3.05) is 0 Å². The van der Waals surface area contributed by atoms with Crippen LogP contribution < -0.4 is 5.32 Å². The average molecular weight is 471 g/mol. The lowest BCUT2D eigenvalue weighted by atomic mass is 10.1. The summed E-state index contributed by atoms with van der Waals surface area (Å²) in [7, 11) is 0. The lowest BCUT2D eigenvalue weighted by Gasteiger charge is -2.07. The summed E-state index contributed by atoms with van der Waals surface area (Å²) in [6, 6.07) is 16.6. The number of carbonyl (C=O) groups is 2. The molecule has 0 saturated carbocycles. The third kappa shape index (κ3) is 5.58. The molecule has 168 valence electrons. The lowest BCUT2D eigenvalue weighted by Crippen LogP contribution is -2.26. The molecule has 1 atom stereocenters. The van der Waals surface area contributed by atoms with Crippen LogP contribution in [-0.4, -0.2) is 28.3 Å². The smallest absolute Gasteiger partial charge is 0.416 e. The fourth-order valence-corrected chi connectivity index (χ4v) is 3.99. The molecule has 1 N–H and O–H groups in total. The molecule has 0 radical (unpaired) electrons. The summed E-state index contributed by atoms with van der Waals surface area (Å²) < 4.78 is 44.2. The normalized spacial score (nSPS) is 17.6. The number of rotatable bonds is 6. The Morgan fingerprint density at radius 2 is 1.88 bits per heavy atom. The molecule has 0 spiro atoms. The predicted octanol–water partition coefficient (Wildman–Crippen LogP) is 5.16. The molecule has 1 aliphatic heterocycles. The van der Waals surface area contributed by atoms with E-state index in [1.807, 2.05) is 0 Å². The SMILES string of the molecule is O=C(CC1S/C(=N/N=C/c2ccc(-c3cccc(C(F)(F)F)c3)o2)NC1=O)c1ccccc1. The van der Waals surface area contributed by atoms with E-state index in [-0.39, 0.29) is 40.4 Å². The van der Waals surface area contributed by atoms with E-state index in [4.69, 9.17) is 4.42 Å². The van der Waals surface area contributed by atoms with Crippen LogP contribution in [0.3, 0.4) is 0 Å². The molecule has 10 heteroatoms. The highest BCUT2D eigenvalue weighted by atomic mass is 32.2. The quantitative estimate of drug-likeness (QED) is 0.306. The van der Waals surface area contributed by atoms with E-state index in [1.165, 1.54) is 24.4 Å². The van der Waals surface area contributed by atoms with E-state index >= 15 is 0 Å². The summed E-state index contributed by atoms with van der Waals surface area (Å²) in [5, 5.41) is 9.99. The van der Waals surface area contributed by atoms with Crippen LogP contribution in [-0.2, 0) is 11.0 Å². The van der Waals surface area contributed by atoms with Gasteiger partial charge in [-0.1, -0.05) is 54.2 Å². The number of amides is 1. The van der Waals surface area contributed by atoms with E-state index < -0.39 is 17.0 Å². The first kappa shape index (κ1) is 22.5. The maximum absolute atomic E-state index is 12.9. The van der Waals surface area contributed by atoms with Gasteiger partial charge >= 0.3 is 6.18 Å². The van der Waals surface area contributed by atoms with Crippen molar-refractivity contribution in [3.8, 4) is 11.3 Å². The van der Waals surface area contributed by atoms with E-state index in [9.17, 15) is 22.8 Å². The summed E-state index contributed by atoms with van der Waals surface area (Å²) in [4.78, 5) is 24.4. The molecule has 1 aromatic heterocycles. The highest BCUT2D eigenvalue weighted by Crippen LogP contribution is 2.32. The molecular formula is C23H16F3N3O3S. The monoisotopic (exact) mass is 471 g/mol. The van der Waals surface area contributed by atoms with Crippen LogP contribution in [0, 0.1) is 0 Å². The number of benzene rings is 2. The van der Waals surface area contributed by atoms with Gasteiger partial charge in [0.2, 0.25) is 5.91 Å². The molecule has 1 saturated heterocycles. The van der Waals surface area contributed by atoms with Gasteiger partial charge in [0.25, 0.3) is 0 Å². The molecular weight excluding hydrogens is 455 g/mol. The van der Waals surface area contributed by atoms with E-state index in [0.29, 0.717) is 5.56 Å². The predicted molar refractivity (Wildman–Crippen MR) is 119 cm³/mol. The molecule has 3 aromatic rings. The fraction of sp³-hybridized carbons (Fsp3) is 0.130. The number of thioether (sulfide) groups is 1. The van der Waals surface area contributed by atoms with Crippen LogP contribution >= 0.6 is 11.8 Å². The van der Waals surface area contributed by atoms with Gasteiger partial charge in [0, 0.05) is 17.5 Å². The Hall–Kier alpha value is -3.66. The number of amidine groups is 1. The fourth-order valence-electron chi connectivity index (χ4n) is 3.06. The number of carbonyl (C=O) groups excluding carboxylic acids is 2. The topological polar surface area (TPSA) is 84.0 Å². The minimum absolute atomic E-state index is 0.0295. The van der Waals surface area contributed by atoms with Crippen molar-refractivity contribution >= 4 is 34.8 Å². The highest BCUT2D eigenvalue weighted by molar-refractivity contribution is 8.15. The molecule has 2 heterocycles. The number of ketones is 1. The third-order valence-corrected chi connectivity index (χ3v) is 5.75. The number of nitrogens with zero attached hydrogens (tertiary/aromatic N) is 2. The highest BCUT2D eigenvalue weighted by Gasteiger charge is 2.32. The Bertz CT molecular complexity index is 1240. The van der Waals surface area contributed by atoms with Gasteiger partial charge in [0.15, 0.2) is 11.0 Å².